The molecule has 1 atom stereocenters. The van der Waals surface area contributed by atoms with Gasteiger partial charge in [-0.15, -0.1) is 0 Å². The maximum Gasteiger partial charge on any atom is 0.335 e. The zero-order valence-electron chi connectivity index (χ0n) is 11.3. The molecule has 1 saturated heterocycles. The van der Waals surface area contributed by atoms with Crippen LogP contribution in [0.3, 0.4) is 0 Å². The number of aromatic carboxylic acids is 1. The third-order valence-electron chi connectivity index (χ3n) is 3.27. The van der Waals surface area contributed by atoms with Crippen LogP contribution in [-0.4, -0.2) is 54.9 Å². The summed E-state index contributed by atoms with van der Waals surface area (Å²) < 4.78 is 12.3. The van der Waals surface area contributed by atoms with Crippen molar-refractivity contribution in [3.8, 4) is 5.75 Å². The highest BCUT2D eigenvalue weighted by Gasteiger charge is 2.20. The predicted molar refractivity (Wildman–Crippen MR) is 83.5 cm³/mol. The molecule has 1 aromatic carbocycles. The summed E-state index contributed by atoms with van der Waals surface area (Å²) in [6.07, 6.45) is 0.0352. The Kier molecular flexibility index (Phi) is 5.62. The largest absolute Gasteiger partial charge is 0.490 e. The summed E-state index contributed by atoms with van der Waals surface area (Å²) in [5.41, 5.74) is 0.236. The summed E-state index contributed by atoms with van der Waals surface area (Å²) >= 11 is 2.14. The molecule has 0 radical (unpaired) electrons. The molecule has 1 unspecified atom stereocenters. The fraction of sp³-hybridized carbons (Fsp3) is 0.500. The summed E-state index contributed by atoms with van der Waals surface area (Å²) in [4.78, 5) is 13.3. The van der Waals surface area contributed by atoms with Gasteiger partial charge in [-0.25, -0.2) is 4.79 Å². The first-order chi connectivity index (χ1) is 9.60. The normalized spacial score (nSPS) is 19.8. The fourth-order valence-electron chi connectivity index (χ4n) is 2.10. The Labute approximate surface area is 132 Å². The van der Waals surface area contributed by atoms with Gasteiger partial charge < -0.3 is 14.6 Å². The van der Waals surface area contributed by atoms with Crippen LogP contribution in [0.25, 0.3) is 0 Å². The topological polar surface area (TPSA) is 59.0 Å². The maximum atomic E-state index is 11.0. The Bertz CT molecular complexity index is 480. The van der Waals surface area contributed by atoms with Crippen LogP contribution in [0.4, 0.5) is 0 Å². The molecule has 110 valence electrons. The number of hydrogen-bond donors (Lipinski definition) is 1. The van der Waals surface area contributed by atoms with Crippen LogP contribution in [0.15, 0.2) is 18.2 Å². The molecule has 6 heteroatoms. The minimum Gasteiger partial charge on any atom is -0.490 e. The number of rotatable bonds is 5. The molecule has 0 amide bonds. The van der Waals surface area contributed by atoms with Gasteiger partial charge in [0.15, 0.2) is 0 Å². The van der Waals surface area contributed by atoms with Crippen LogP contribution in [0.2, 0.25) is 0 Å². The fourth-order valence-corrected chi connectivity index (χ4v) is 2.59. The molecule has 5 nitrogen and oxygen atoms in total. The summed E-state index contributed by atoms with van der Waals surface area (Å²) in [7, 11) is 0. The van der Waals surface area contributed by atoms with E-state index in [9.17, 15) is 4.79 Å². The number of morpholine rings is 1. The number of benzene rings is 1. The monoisotopic (exact) mass is 391 g/mol. The van der Waals surface area contributed by atoms with E-state index in [2.05, 4.69) is 34.4 Å². The molecule has 1 aliphatic heterocycles. The van der Waals surface area contributed by atoms with E-state index in [0.717, 1.165) is 23.2 Å². The zero-order valence-corrected chi connectivity index (χ0v) is 13.5. The maximum absolute atomic E-state index is 11.0. The highest BCUT2D eigenvalue weighted by molar-refractivity contribution is 14.1. The Morgan fingerprint density at radius 1 is 1.60 bits per heavy atom. The van der Waals surface area contributed by atoms with E-state index in [-0.39, 0.29) is 11.7 Å². The summed E-state index contributed by atoms with van der Waals surface area (Å²) in [6.45, 7) is 6.10. The Balaban J connectivity index is 1.96. The van der Waals surface area contributed by atoms with Crippen molar-refractivity contribution in [3.63, 3.8) is 0 Å². The smallest absolute Gasteiger partial charge is 0.335 e. The molecular formula is C14H18INO4. The second-order valence-corrected chi connectivity index (χ2v) is 5.81. The van der Waals surface area contributed by atoms with Gasteiger partial charge in [-0.05, 0) is 47.3 Å². The van der Waals surface area contributed by atoms with Crippen LogP contribution in [-0.2, 0) is 4.74 Å². The van der Waals surface area contributed by atoms with Gasteiger partial charge >= 0.3 is 5.97 Å². The van der Waals surface area contributed by atoms with E-state index in [1.807, 2.05) is 0 Å². The average molecular weight is 391 g/mol. The number of likely N-dealkylation sites (N-methyl/N-ethyl adjacent to an activating group) is 1. The van der Waals surface area contributed by atoms with Crippen LogP contribution < -0.4 is 4.74 Å². The Morgan fingerprint density at radius 3 is 3.10 bits per heavy atom. The number of carboxylic acids is 1. The van der Waals surface area contributed by atoms with E-state index in [1.165, 1.54) is 0 Å². The molecule has 0 saturated carbocycles. The standard InChI is InChI=1S/C14H18INO4/c1-2-16-5-6-19-11(8-16)9-20-13-7-10(14(17)18)3-4-12(13)15/h3-4,7,11H,2,5-6,8-9H2,1H3,(H,17,18). The first-order valence-electron chi connectivity index (χ1n) is 6.59. The summed E-state index contributed by atoms with van der Waals surface area (Å²) in [6, 6.07) is 4.89. The molecule has 0 aromatic heterocycles. The number of nitrogens with zero attached hydrogens (tertiary/aromatic N) is 1. The Hall–Kier alpha value is -0.860. The molecule has 2 rings (SSSR count). The molecule has 1 heterocycles. The van der Waals surface area contributed by atoms with Crippen LogP contribution in [0.1, 0.15) is 17.3 Å². The predicted octanol–water partition coefficient (Wildman–Crippen LogP) is 2.09. The van der Waals surface area contributed by atoms with Gasteiger partial charge in [-0.3, -0.25) is 4.90 Å². The lowest BCUT2D eigenvalue weighted by Gasteiger charge is -2.31. The Morgan fingerprint density at radius 2 is 2.40 bits per heavy atom. The van der Waals surface area contributed by atoms with Gasteiger partial charge in [0.1, 0.15) is 18.5 Å². The SMILES string of the molecule is CCN1CCOC(COc2cc(C(=O)O)ccc2I)C1. The minimum atomic E-state index is -0.947. The van der Waals surface area contributed by atoms with E-state index < -0.39 is 5.97 Å². The van der Waals surface area contributed by atoms with Crippen molar-refractivity contribution < 1.29 is 19.4 Å². The summed E-state index contributed by atoms with van der Waals surface area (Å²) in [5.74, 6) is -0.347. The third-order valence-corrected chi connectivity index (χ3v) is 4.16. The molecular weight excluding hydrogens is 373 g/mol. The van der Waals surface area contributed by atoms with Crippen molar-refractivity contribution in [3.05, 3.63) is 27.3 Å². The number of carbonyl (C=O) groups is 1. The minimum absolute atomic E-state index is 0.0352. The molecule has 0 aliphatic carbocycles. The van der Waals surface area contributed by atoms with Gasteiger partial charge in [0.25, 0.3) is 0 Å². The van der Waals surface area contributed by atoms with Crippen molar-refractivity contribution in [2.24, 2.45) is 0 Å². The number of halogens is 1. The van der Waals surface area contributed by atoms with Crippen molar-refractivity contribution in [1.82, 2.24) is 4.90 Å². The average Bonchev–Trinajstić information content (AvgIpc) is 2.46. The lowest BCUT2D eigenvalue weighted by atomic mass is 10.2. The number of carboxylic acid groups (broad SMARTS) is 1. The molecule has 20 heavy (non-hydrogen) atoms. The lowest BCUT2D eigenvalue weighted by Crippen LogP contribution is -2.44. The number of ether oxygens (including phenoxy) is 2. The molecule has 1 aromatic rings. The highest BCUT2D eigenvalue weighted by atomic mass is 127. The van der Waals surface area contributed by atoms with Crippen molar-refractivity contribution >= 4 is 28.6 Å². The van der Waals surface area contributed by atoms with Crippen LogP contribution >= 0.6 is 22.6 Å². The highest BCUT2D eigenvalue weighted by Crippen LogP contribution is 2.23. The molecule has 1 N–H and O–H groups in total. The van der Waals surface area contributed by atoms with Crippen molar-refractivity contribution in [2.75, 3.05) is 32.8 Å². The first kappa shape index (κ1) is 15.5. The van der Waals surface area contributed by atoms with E-state index >= 15 is 0 Å². The van der Waals surface area contributed by atoms with E-state index in [0.29, 0.717) is 19.0 Å². The molecule has 1 fully saturated rings. The molecule has 0 bridgehead atoms. The molecule has 0 spiro atoms. The van der Waals surface area contributed by atoms with Crippen molar-refractivity contribution in [2.45, 2.75) is 13.0 Å². The van der Waals surface area contributed by atoms with Crippen LogP contribution in [0.5, 0.6) is 5.75 Å². The van der Waals surface area contributed by atoms with Gasteiger partial charge in [0, 0.05) is 13.1 Å². The van der Waals surface area contributed by atoms with E-state index in [1.54, 1.807) is 18.2 Å². The van der Waals surface area contributed by atoms with Crippen molar-refractivity contribution in [1.29, 1.82) is 0 Å². The van der Waals surface area contributed by atoms with Gasteiger partial charge in [-0.1, -0.05) is 6.92 Å². The van der Waals surface area contributed by atoms with E-state index in [4.69, 9.17) is 14.6 Å². The second-order valence-electron chi connectivity index (χ2n) is 4.65. The van der Waals surface area contributed by atoms with Gasteiger partial charge in [0.05, 0.1) is 15.7 Å². The third kappa shape index (κ3) is 4.07. The quantitative estimate of drug-likeness (QED) is 0.780. The van der Waals surface area contributed by atoms with Gasteiger partial charge in [-0.2, -0.15) is 0 Å². The number of hydrogen-bond acceptors (Lipinski definition) is 4. The second kappa shape index (κ2) is 7.24. The summed E-state index contributed by atoms with van der Waals surface area (Å²) in [5, 5.41) is 8.99. The first-order valence-corrected chi connectivity index (χ1v) is 7.67. The molecule has 1 aliphatic rings. The van der Waals surface area contributed by atoms with Crippen LogP contribution in [0, 0.1) is 3.57 Å². The van der Waals surface area contributed by atoms with Gasteiger partial charge in [0.2, 0.25) is 0 Å². The zero-order chi connectivity index (χ0) is 14.5. The lowest BCUT2D eigenvalue weighted by molar-refractivity contribution is -0.0465.